The first kappa shape index (κ1) is 19.2. The highest BCUT2D eigenvalue weighted by Crippen LogP contribution is 2.37. The second kappa shape index (κ2) is 9.38. The standard InChI is InChI=1S/C19H27FN2O.ClH/c20-17-7-5-16(6-8-17)19(15-2-1-3-15)22-18(23)9-4-14-10-12-21-13-11-14;/h5-8,14-15,19,21H,1-4,9-13H2,(H,22,23);1H. The molecule has 1 aliphatic carbocycles. The van der Waals surface area contributed by atoms with Gasteiger partial charge in [-0.2, -0.15) is 0 Å². The van der Waals surface area contributed by atoms with Crippen molar-refractivity contribution in [2.24, 2.45) is 11.8 Å². The van der Waals surface area contributed by atoms with Gasteiger partial charge >= 0.3 is 0 Å². The van der Waals surface area contributed by atoms with Crippen molar-refractivity contribution in [2.75, 3.05) is 13.1 Å². The summed E-state index contributed by atoms with van der Waals surface area (Å²) in [6.45, 7) is 2.15. The fourth-order valence-corrected chi connectivity index (χ4v) is 3.67. The van der Waals surface area contributed by atoms with Crippen LogP contribution >= 0.6 is 12.4 Å². The van der Waals surface area contributed by atoms with Gasteiger partial charge in [-0.05, 0) is 74.7 Å². The Labute approximate surface area is 150 Å². The Morgan fingerprint density at radius 3 is 2.42 bits per heavy atom. The van der Waals surface area contributed by atoms with Gasteiger partial charge in [0.15, 0.2) is 0 Å². The summed E-state index contributed by atoms with van der Waals surface area (Å²) < 4.78 is 13.1. The summed E-state index contributed by atoms with van der Waals surface area (Å²) >= 11 is 0. The minimum atomic E-state index is -0.224. The van der Waals surface area contributed by atoms with E-state index in [0.29, 0.717) is 18.3 Å². The van der Waals surface area contributed by atoms with Crippen LogP contribution in [0.2, 0.25) is 0 Å². The molecule has 0 radical (unpaired) electrons. The van der Waals surface area contributed by atoms with E-state index in [4.69, 9.17) is 0 Å². The van der Waals surface area contributed by atoms with E-state index < -0.39 is 0 Å². The van der Waals surface area contributed by atoms with Crippen LogP contribution in [0, 0.1) is 17.7 Å². The van der Waals surface area contributed by atoms with Crippen molar-refractivity contribution in [3.63, 3.8) is 0 Å². The van der Waals surface area contributed by atoms with Gasteiger partial charge in [0.05, 0.1) is 6.04 Å². The Bertz CT molecular complexity index is 513. The molecule has 0 bridgehead atoms. The quantitative estimate of drug-likeness (QED) is 0.811. The Morgan fingerprint density at radius 1 is 1.17 bits per heavy atom. The molecule has 1 heterocycles. The first-order valence-electron chi connectivity index (χ1n) is 8.98. The van der Waals surface area contributed by atoms with Gasteiger partial charge in [0, 0.05) is 6.42 Å². The lowest BCUT2D eigenvalue weighted by Crippen LogP contribution is -2.36. The summed E-state index contributed by atoms with van der Waals surface area (Å²) in [5.74, 6) is 1.10. The molecule has 24 heavy (non-hydrogen) atoms. The summed E-state index contributed by atoms with van der Waals surface area (Å²) in [6.07, 6.45) is 7.47. The highest BCUT2D eigenvalue weighted by Gasteiger charge is 2.29. The Morgan fingerprint density at radius 2 is 1.83 bits per heavy atom. The maximum absolute atomic E-state index is 13.1. The number of amides is 1. The predicted molar refractivity (Wildman–Crippen MR) is 96.7 cm³/mol. The molecule has 1 amide bonds. The molecule has 134 valence electrons. The average Bonchev–Trinajstić information content (AvgIpc) is 2.52. The molecular weight excluding hydrogens is 327 g/mol. The van der Waals surface area contributed by atoms with Crippen LogP contribution in [-0.2, 0) is 4.79 Å². The average molecular weight is 355 g/mol. The maximum Gasteiger partial charge on any atom is 0.220 e. The molecule has 2 aliphatic rings. The van der Waals surface area contributed by atoms with Gasteiger partial charge in [0.2, 0.25) is 5.91 Å². The van der Waals surface area contributed by atoms with Gasteiger partial charge in [-0.1, -0.05) is 18.6 Å². The van der Waals surface area contributed by atoms with Gasteiger partial charge in [0.1, 0.15) is 5.82 Å². The van der Waals surface area contributed by atoms with Crippen LogP contribution in [-0.4, -0.2) is 19.0 Å². The minimum absolute atomic E-state index is 0. The lowest BCUT2D eigenvalue weighted by atomic mass is 9.77. The first-order valence-corrected chi connectivity index (χ1v) is 8.98. The number of hydrogen-bond acceptors (Lipinski definition) is 2. The number of halogens is 2. The molecule has 2 fully saturated rings. The van der Waals surface area contributed by atoms with Crippen molar-refractivity contribution in [2.45, 2.75) is 51.0 Å². The molecular formula is C19H28ClFN2O. The van der Waals surface area contributed by atoms with Gasteiger partial charge in [-0.15, -0.1) is 12.4 Å². The molecule has 1 unspecified atom stereocenters. The molecule has 2 N–H and O–H groups in total. The van der Waals surface area contributed by atoms with Crippen LogP contribution in [0.5, 0.6) is 0 Å². The molecule has 0 spiro atoms. The Hall–Kier alpha value is -1.13. The minimum Gasteiger partial charge on any atom is -0.349 e. The molecule has 1 aromatic carbocycles. The number of nitrogens with one attached hydrogen (secondary N) is 2. The number of piperidine rings is 1. The van der Waals surface area contributed by atoms with E-state index >= 15 is 0 Å². The van der Waals surface area contributed by atoms with Crippen molar-refractivity contribution in [1.29, 1.82) is 0 Å². The zero-order valence-corrected chi connectivity index (χ0v) is 14.9. The summed E-state index contributed by atoms with van der Waals surface area (Å²) in [7, 11) is 0. The number of rotatable bonds is 6. The molecule has 1 aliphatic heterocycles. The molecule has 1 saturated carbocycles. The van der Waals surface area contributed by atoms with Crippen molar-refractivity contribution < 1.29 is 9.18 Å². The van der Waals surface area contributed by atoms with Crippen molar-refractivity contribution in [3.8, 4) is 0 Å². The fourth-order valence-electron chi connectivity index (χ4n) is 3.67. The van der Waals surface area contributed by atoms with Gasteiger partial charge < -0.3 is 10.6 Å². The first-order chi connectivity index (χ1) is 11.2. The van der Waals surface area contributed by atoms with E-state index in [1.54, 1.807) is 0 Å². The van der Waals surface area contributed by atoms with Crippen molar-refractivity contribution >= 4 is 18.3 Å². The highest BCUT2D eigenvalue weighted by molar-refractivity contribution is 5.85. The number of hydrogen-bond donors (Lipinski definition) is 2. The topological polar surface area (TPSA) is 41.1 Å². The third-order valence-electron chi connectivity index (χ3n) is 5.41. The summed E-state index contributed by atoms with van der Waals surface area (Å²) in [4.78, 5) is 12.4. The zero-order chi connectivity index (χ0) is 16.1. The van der Waals surface area contributed by atoms with E-state index in [2.05, 4.69) is 10.6 Å². The number of carbonyl (C=O) groups excluding carboxylic acids is 1. The van der Waals surface area contributed by atoms with Crippen LogP contribution in [0.3, 0.4) is 0 Å². The second-order valence-electron chi connectivity index (χ2n) is 7.02. The molecule has 3 rings (SSSR count). The summed E-state index contributed by atoms with van der Waals surface area (Å²) in [5, 5.41) is 6.58. The van der Waals surface area contributed by atoms with Crippen LogP contribution in [0.4, 0.5) is 4.39 Å². The van der Waals surface area contributed by atoms with E-state index in [-0.39, 0.29) is 30.2 Å². The van der Waals surface area contributed by atoms with E-state index in [1.807, 2.05) is 12.1 Å². The SMILES string of the molecule is Cl.O=C(CCC1CCNCC1)NC(c1ccc(F)cc1)C1CCC1. The van der Waals surface area contributed by atoms with Crippen LogP contribution in [0.25, 0.3) is 0 Å². The lowest BCUT2D eigenvalue weighted by molar-refractivity contribution is -0.122. The van der Waals surface area contributed by atoms with E-state index in [9.17, 15) is 9.18 Å². The van der Waals surface area contributed by atoms with Crippen LogP contribution in [0.1, 0.15) is 56.6 Å². The molecule has 1 saturated heterocycles. The van der Waals surface area contributed by atoms with Crippen LogP contribution < -0.4 is 10.6 Å². The second-order valence-corrected chi connectivity index (χ2v) is 7.02. The Balaban J connectivity index is 0.00000208. The molecule has 0 aromatic heterocycles. The summed E-state index contributed by atoms with van der Waals surface area (Å²) in [5.41, 5.74) is 1.03. The maximum atomic E-state index is 13.1. The van der Waals surface area contributed by atoms with Gasteiger partial charge in [-0.3, -0.25) is 4.79 Å². The fraction of sp³-hybridized carbons (Fsp3) is 0.632. The summed E-state index contributed by atoms with van der Waals surface area (Å²) in [6, 6.07) is 6.64. The third kappa shape index (κ3) is 5.18. The molecule has 5 heteroatoms. The third-order valence-corrected chi connectivity index (χ3v) is 5.41. The molecule has 3 nitrogen and oxygen atoms in total. The van der Waals surface area contributed by atoms with Gasteiger partial charge in [0.25, 0.3) is 0 Å². The predicted octanol–water partition coefficient (Wildman–Crippen LogP) is 3.98. The molecule has 1 atom stereocenters. The van der Waals surface area contributed by atoms with Crippen LogP contribution in [0.15, 0.2) is 24.3 Å². The van der Waals surface area contributed by atoms with Crippen molar-refractivity contribution in [3.05, 3.63) is 35.6 Å². The normalized spacial score (nSPS) is 19.9. The molecule has 1 aromatic rings. The monoisotopic (exact) mass is 354 g/mol. The van der Waals surface area contributed by atoms with E-state index in [1.165, 1.54) is 31.4 Å². The smallest absolute Gasteiger partial charge is 0.220 e. The lowest BCUT2D eigenvalue weighted by Gasteiger charge is -2.35. The number of benzene rings is 1. The number of carbonyl (C=O) groups is 1. The van der Waals surface area contributed by atoms with Crippen molar-refractivity contribution in [1.82, 2.24) is 10.6 Å². The largest absolute Gasteiger partial charge is 0.349 e. The van der Waals surface area contributed by atoms with E-state index in [0.717, 1.165) is 37.9 Å². The highest BCUT2D eigenvalue weighted by atomic mass is 35.5. The zero-order valence-electron chi connectivity index (χ0n) is 14.1. The van der Waals surface area contributed by atoms with Gasteiger partial charge in [-0.25, -0.2) is 4.39 Å². The Kier molecular flexibility index (Phi) is 7.50.